The minimum absolute atomic E-state index is 0.174. The molecule has 2 N–H and O–H groups in total. The van der Waals surface area contributed by atoms with Crippen LogP contribution in [0, 0.1) is 17.5 Å². The molecule has 2 aromatic carbocycles. The second kappa shape index (κ2) is 7.97. The van der Waals surface area contributed by atoms with Gasteiger partial charge < -0.3 is 10.4 Å². The molecule has 0 radical (unpaired) electrons. The molecular weight excluding hydrogens is 319 g/mol. The van der Waals surface area contributed by atoms with E-state index in [0.717, 1.165) is 18.2 Å². The molecule has 2 rings (SSSR count). The number of carbonyl (C=O) groups excluding carboxylic acids is 1. The topological polar surface area (TPSA) is 49.3 Å². The summed E-state index contributed by atoms with van der Waals surface area (Å²) < 4.78 is 40.0. The predicted octanol–water partition coefficient (Wildman–Crippen LogP) is 3.79. The van der Waals surface area contributed by atoms with Gasteiger partial charge in [0.15, 0.2) is 0 Å². The minimum Gasteiger partial charge on any atom is -0.388 e. The summed E-state index contributed by atoms with van der Waals surface area (Å²) in [6.07, 6.45) is -1.07. The predicted molar refractivity (Wildman–Crippen MR) is 83.5 cm³/mol. The van der Waals surface area contributed by atoms with E-state index in [0.29, 0.717) is 6.42 Å². The third-order valence-corrected chi connectivity index (χ3v) is 3.69. The lowest BCUT2D eigenvalue weighted by Crippen LogP contribution is -2.30. The van der Waals surface area contributed by atoms with Crippen molar-refractivity contribution >= 4 is 5.91 Å². The van der Waals surface area contributed by atoms with E-state index < -0.39 is 35.5 Å². The summed E-state index contributed by atoms with van der Waals surface area (Å²) in [4.78, 5) is 12.1. The number of amides is 1. The molecule has 3 nitrogen and oxygen atoms in total. The van der Waals surface area contributed by atoms with Crippen molar-refractivity contribution in [1.29, 1.82) is 0 Å². The zero-order chi connectivity index (χ0) is 17.7. The van der Waals surface area contributed by atoms with Crippen molar-refractivity contribution < 1.29 is 23.1 Å². The number of hydrogen-bond donors (Lipinski definition) is 2. The summed E-state index contributed by atoms with van der Waals surface area (Å²) in [5.41, 5.74) is 0.457. The lowest BCUT2D eigenvalue weighted by Gasteiger charge is -2.19. The highest BCUT2D eigenvalue weighted by Crippen LogP contribution is 2.22. The maximum Gasteiger partial charge on any atom is 0.223 e. The van der Waals surface area contributed by atoms with Crippen LogP contribution in [0.5, 0.6) is 0 Å². The van der Waals surface area contributed by atoms with Gasteiger partial charge in [-0.3, -0.25) is 4.79 Å². The van der Waals surface area contributed by atoms with Gasteiger partial charge in [0.25, 0.3) is 0 Å². The van der Waals surface area contributed by atoms with Crippen molar-refractivity contribution in [2.75, 3.05) is 0 Å². The van der Waals surface area contributed by atoms with Crippen molar-refractivity contribution in [2.45, 2.75) is 31.9 Å². The molecular formula is C18H18F3NO2. The van der Waals surface area contributed by atoms with E-state index >= 15 is 0 Å². The van der Waals surface area contributed by atoms with Crippen LogP contribution >= 0.6 is 0 Å². The number of hydrogen-bond acceptors (Lipinski definition) is 2. The first-order valence-corrected chi connectivity index (χ1v) is 7.58. The molecule has 1 amide bonds. The molecule has 0 heterocycles. The Morgan fingerprint density at radius 2 is 1.83 bits per heavy atom. The Morgan fingerprint density at radius 1 is 1.12 bits per heavy atom. The smallest absolute Gasteiger partial charge is 0.223 e. The molecule has 0 aliphatic rings. The molecule has 0 aliphatic heterocycles. The van der Waals surface area contributed by atoms with Gasteiger partial charge in [-0.25, -0.2) is 13.2 Å². The van der Waals surface area contributed by atoms with Crippen LogP contribution < -0.4 is 5.32 Å². The van der Waals surface area contributed by atoms with Gasteiger partial charge >= 0.3 is 0 Å². The molecule has 24 heavy (non-hydrogen) atoms. The Hall–Kier alpha value is -2.34. The monoisotopic (exact) mass is 337 g/mol. The summed E-state index contributed by atoms with van der Waals surface area (Å²) in [5, 5.41) is 12.6. The molecule has 0 spiro atoms. The van der Waals surface area contributed by atoms with Crippen molar-refractivity contribution in [3.63, 3.8) is 0 Å². The van der Waals surface area contributed by atoms with E-state index in [1.165, 1.54) is 24.3 Å². The quantitative estimate of drug-likeness (QED) is 0.842. The Kier molecular flexibility index (Phi) is 5.98. The third kappa shape index (κ3) is 4.58. The Bertz CT molecular complexity index is 721. The highest BCUT2D eigenvalue weighted by atomic mass is 19.1. The second-order valence-electron chi connectivity index (χ2n) is 5.47. The fourth-order valence-corrected chi connectivity index (χ4v) is 2.44. The van der Waals surface area contributed by atoms with E-state index in [-0.39, 0.29) is 17.5 Å². The largest absolute Gasteiger partial charge is 0.388 e. The maximum atomic E-state index is 13.8. The van der Waals surface area contributed by atoms with Gasteiger partial charge in [0.1, 0.15) is 17.5 Å². The molecule has 2 atom stereocenters. The van der Waals surface area contributed by atoms with Crippen molar-refractivity contribution in [3.05, 3.63) is 71.0 Å². The Balaban J connectivity index is 2.04. The summed E-state index contributed by atoms with van der Waals surface area (Å²) in [7, 11) is 0. The standard InChI is InChI=1S/C18H18F3NO2/c1-2-16(14-7-6-13(20)9-15(14)21)22-18(24)10-17(23)11-4-3-5-12(19)8-11/h3-9,16-17,23H,2,10H2,1H3,(H,22,24). The SMILES string of the molecule is CCC(NC(=O)CC(O)c1cccc(F)c1)c1ccc(F)cc1F. The van der Waals surface area contributed by atoms with Crippen molar-refractivity contribution in [1.82, 2.24) is 5.32 Å². The van der Waals surface area contributed by atoms with Gasteiger partial charge in [-0.1, -0.05) is 25.1 Å². The second-order valence-corrected chi connectivity index (χ2v) is 5.47. The minimum atomic E-state index is -1.17. The lowest BCUT2D eigenvalue weighted by atomic mass is 10.0. The van der Waals surface area contributed by atoms with Crippen LogP contribution in [-0.2, 0) is 4.79 Å². The van der Waals surface area contributed by atoms with Gasteiger partial charge in [0.2, 0.25) is 5.91 Å². The van der Waals surface area contributed by atoms with E-state index in [1.807, 2.05) is 0 Å². The zero-order valence-electron chi connectivity index (χ0n) is 13.1. The van der Waals surface area contributed by atoms with Gasteiger partial charge in [0.05, 0.1) is 18.6 Å². The molecule has 0 fully saturated rings. The first kappa shape index (κ1) is 18.0. The third-order valence-electron chi connectivity index (χ3n) is 3.69. The molecule has 0 saturated carbocycles. The molecule has 0 aromatic heterocycles. The molecule has 2 aromatic rings. The van der Waals surface area contributed by atoms with E-state index in [2.05, 4.69) is 5.32 Å². The van der Waals surface area contributed by atoms with Crippen LogP contribution in [0.2, 0.25) is 0 Å². The van der Waals surface area contributed by atoms with Crippen LogP contribution in [0.3, 0.4) is 0 Å². The average Bonchev–Trinajstić information content (AvgIpc) is 2.53. The highest BCUT2D eigenvalue weighted by Gasteiger charge is 2.19. The number of rotatable bonds is 6. The fourth-order valence-electron chi connectivity index (χ4n) is 2.44. The van der Waals surface area contributed by atoms with Gasteiger partial charge in [0, 0.05) is 11.6 Å². The first-order chi connectivity index (χ1) is 11.4. The zero-order valence-corrected chi connectivity index (χ0v) is 13.1. The van der Waals surface area contributed by atoms with E-state index in [4.69, 9.17) is 0 Å². The number of aliphatic hydroxyl groups is 1. The molecule has 0 aliphatic carbocycles. The number of nitrogens with one attached hydrogen (secondary N) is 1. The Morgan fingerprint density at radius 3 is 2.46 bits per heavy atom. The fraction of sp³-hybridized carbons (Fsp3) is 0.278. The van der Waals surface area contributed by atoms with Crippen LogP contribution in [0.15, 0.2) is 42.5 Å². The van der Waals surface area contributed by atoms with E-state index in [9.17, 15) is 23.1 Å². The molecule has 6 heteroatoms. The summed E-state index contributed by atoms with van der Waals surface area (Å²) >= 11 is 0. The Labute approximate surface area is 138 Å². The number of halogens is 3. The van der Waals surface area contributed by atoms with Crippen LogP contribution in [0.25, 0.3) is 0 Å². The van der Waals surface area contributed by atoms with Crippen LogP contribution in [-0.4, -0.2) is 11.0 Å². The molecule has 0 saturated heterocycles. The maximum absolute atomic E-state index is 13.8. The summed E-state index contributed by atoms with van der Waals surface area (Å²) in [6, 6.07) is 7.85. The van der Waals surface area contributed by atoms with Crippen LogP contribution in [0.4, 0.5) is 13.2 Å². The van der Waals surface area contributed by atoms with Gasteiger partial charge in [-0.2, -0.15) is 0 Å². The van der Waals surface area contributed by atoms with Gasteiger partial charge in [-0.05, 0) is 30.2 Å². The van der Waals surface area contributed by atoms with Crippen molar-refractivity contribution in [3.8, 4) is 0 Å². The highest BCUT2D eigenvalue weighted by molar-refractivity contribution is 5.77. The number of aliphatic hydroxyl groups excluding tert-OH is 1. The van der Waals surface area contributed by atoms with E-state index in [1.54, 1.807) is 6.92 Å². The molecule has 2 unspecified atom stereocenters. The van der Waals surface area contributed by atoms with Crippen molar-refractivity contribution in [2.24, 2.45) is 0 Å². The van der Waals surface area contributed by atoms with Gasteiger partial charge in [-0.15, -0.1) is 0 Å². The van der Waals surface area contributed by atoms with Crippen LogP contribution in [0.1, 0.15) is 43.0 Å². The average molecular weight is 337 g/mol. The number of benzene rings is 2. The first-order valence-electron chi connectivity index (χ1n) is 7.58. The normalized spacial score (nSPS) is 13.4. The lowest BCUT2D eigenvalue weighted by molar-refractivity contribution is -0.123. The number of carbonyl (C=O) groups is 1. The summed E-state index contributed by atoms with van der Waals surface area (Å²) in [6.45, 7) is 1.75. The molecule has 128 valence electrons. The summed E-state index contributed by atoms with van der Waals surface area (Å²) in [5.74, 6) is -2.46. The molecule has 0 bridgehead atoms.